The van der Waals surface area contributed by atoms with Gasteiger partial charge < -0.3 is 15.4 Å². The Hall–Kier alpha value is -1.79. The number of hydrogen-bond donors (Lipinski definition) is 2. The van der Waals surface area contributed by atoms with Crippen LogP contribution in [0.1, 0.15) is 51.1 Å². The molecule has 1 aliphatic carbocycles. The Bertz CT molecular complexity index is 654. The van der Waals surface area contributed by atoms with Crippen molar-refractivity contribution in [3.8, 4) is 5.75 Å². The van der Waals surface area contributed by atoms with Gasteiger partial charge in [0, 0.05) is 25.2 Å². The van der Waals surface area contributed by atoms with E-state index in [0.717, 1.165) is 50.5 Å². The molecule has 2 N–H and O–H groups in total. The van der Waals surface area contributed by atoms with Crippen LogP contribution in [0.15, 0.2) is 29.3 Å². The number of ether oxygens (including phenoxy) is 1. The van der Waals surface area contributed by atoms with Crippen molar-refractivity contribution < 1.29 is 4.74 Å². The van der Waals surface area contributed by atoms with Crippen LogP contribution in [0.3, 0.4) is 0 Å². The normalized spacial score (nSPS) is 20.0. The van der Waals surface area contributed by atoms with Crippen LogP contribution in [0.2, 0.25) is 0 Å². The monoisotopic (exact) mass is 401 g/mol. The average Bonchev–Trinajstić information content (AvgIpc) is 3.46. The van der Waals surface area contributed by atoms with Crippen LogP contribution in [0, 0.1) is 0 Å². The van der Waals surface area contributed by atoms with Gasteiger partial charge in [0.1, 0.15) is 5.75 Å². The van der Waals surface area contributed by atoms with E-state index < -0.39 is 0 Å². The lowest BCUT2D eigenvalue weighted by atomic mass is 10.1. The second-order valence-electron chi connectivity index (χ2n) is 8.38. The van der Waals surface area contributed by atoms with E-state index in [1.165, 1.54) is 31.2 Å². The molecular weight excluding hydrogens is 362 g/mol. The standard InChI is InChI=1S/C23H39N5O/c1-5-24-23(25-16-18(2)27(3)20-11-12-20)26-17-22(28-13-6-7-14-28)19-9-8-10-21(15-19)29-4/h8-10,15,18,20,22H,5-7,11-14,16-17H2,1-4H3,(H2,24,25,26). The van der Waals surface area contributed by atoms with Gasteiger partial charge in [0.2, 0.25) is 0 Å². The largest absolute Gasteiger partial charge is 0.497 e. The smallest absolute Gasteiger partial charge is 0.191 e. The van der Waals surface area contributed by atoms with E-state index in [4.69, 9.17) is 9.73 Å². The van der Waals surface area contributed by atoms with E-state index in [1.54, 1.807) is 7.11 Å². The zero-order chi connectivity index (χ0) is 20.6. The van der Waals surface area contributed by atoms with Crippen molar-refractivity contribution in [3.05, 3.63) is 29.8 Å². The summed E-state index contributed by atoms with van der Waals surface area (Å²) >= 11 is 0. The van der Waals surface area contributed by atoms with Crippen molar-refractivity contribution in [2.24, 2.45) is 4.99 Å². The zero-order valence-electron chi connectivity index (χ0n) is 18.7. The highest BCUT2D eigenvalue weighted by Gasteiger charge is 2.29. The Morgan fingerprint density at radius 1 is 1.28 bits per heavy atom. The fourth-order valence-electron chi connectivity index (χ4n) is 4.09. The SMILES string of the molecule is CCNC(=NCC(C)N(C)C1CC1)NCC(c1cccc(OC)c1)N1CCCC1. The van der Waals surface area contributed by atoms with E-state index in [1.807, 2.05) is 6.07 Å². The molecule has 3 rings (SSSR count). The Balaban J connectivity index is 1.65. The molecule has 0 amide bonds. The molecule has 1 heterocycles. The minimum Gasteiger partial charge on any atom is -0.497 e. The summed E-state index contributed by atoms with van der Waals surface area (Å²) in [5.41, 5.74) is 1.30. The van der Waals surface area contributed by atoms with Crippen LogP contribution >= 0.6 is 0 Å². The lowest BCUT2D eigenvalue weighted by Gasteiger charge is -2.29. The van der Waals surface area contributed by atoms with Gasteiger partial charge in [-0.1, -0.05) is 12.1 Å². The van der Waals surface area contributed by atoms with Crippen LogP contribution in [0.5, 0.6) is 5.75 Å². The molecule has 0 aromatic heterocycles. The van der Waals surface area contributed by atoms with Gasteiger partial charge in [-0.2, -0.15) is 0 Å². The van der Waals surface area contributed by atoms with Gasteiger partial charge in [0.25, 0.3) is 0 Å². The van der Waals surface area contributed by atoms with Crippen molar-refractivity contribution >= 4 is 5.96 Å². The van der Waals surface area contributed by atoms with Gasteiger partial charge in [-0.15, -0.1) is 0 Å². The summed E-state index contributed by atoms with van der Waals surface area (Å²) in [7, 11) is 3.96. The third-order valence-electron chi connectivity index (χ3n) is 6.20. The van der Waals surface area contributed by atoms with E-state index >= 15 is 0 Å². The molecule has 2 fully saturated rings. The van der Waals surface area contributed by atoms with E-state index in [0.29, 0.717) is 12.1 Å². The third-order valence-corrected chi connectivity index (χ3v) is 6.20. The molecule has 1 saturated carbocycles. The third kappa shape index (κ3) is 6.34. The first-order chi connectivity index (χ1) is 14.1. The quantitative estimate of drug-likeness (QED) is 0.466. The number of methoxy groups -OCH3 is 1. The molecule has 0 bridgehead atoms. The van der Waals surface area contributed by atoms with Crippen molar-refractivity contribution in [1.82, 2.24) is 20.4 Å². The molecule has 0 spiro atoms. The number of rotatable bonds is 10. The minimum atomic E-state index is 0.322. The van der Waals surface area contributed by atoms with Crippen LogP contribution in [0.4, 0.5) is 0 Å². The summed E-state index contributed by atoms with van der Waals surface area (Å²) < 4.78 is 5.46. The maximum absolute atomic E-state index is 5.46. The fraction of sp³-hybridized carbons (Fsp3) is 0.696. The molecule has 1 aliphatic heterocycles. The molecule has 2 aliphatic rings. The molecule has 162 valence electrons. The summed E-state index contributed by atoms with van der Waals surface area (Å²) in [6, 6.07) is 10.0. The molecular formula is C23H39N5O. The summed E-state index contributed by atoms with van der Waals surface area (Å²) in [6.45, 7) is 9.22. The van der Waals surface area contributed by atoms with Gasteiger partial charge in [-0.05, 0) is 77.4 Å². The Morgan fingerprint density at radius 3 is 2.69 bits per heavy atom. The first-order valence-corrected chi connectivity index (χ1v) is 11.2. The average molecular weight is 402 g/mol. The van der Waals surface area contributed by atoms with Crippen LogP contribution in [-0.2, 0) is 0 Å². The molecule has 29 heavy (non-hydrogen) atoms. The maximum Gasteiger partial charge on any atom is 0.191 e. The minimum absolute atomic E-state index is 0.322. The number of nitrogens with zero attached hydrogens (tertiary/aromatic N) is 3. The van der Waals surface area contributed by atoms with Gasteiger partial charge in [0.05, 0.1) is 19.7 Å². The number of hydrogen-bond acceptors (Lipinski definition) is 4. The highest BCUT2D eigenvalue weighted by molar-refractivity contribution is 5.79. The second kappa shape index (κ2) is 10.8. The first kappa shape index (κ1) is 21.9. The van der Waals surface area contributed by atoms with Crippen LogP contribution < -0.4 is 15.4 Å². The molecule has 6 nitrogen and oxygen atoms in total. The number of aliphatic imine (C=N–C) groups is 1. The Morgan fingerprint density at radius 2 is 2.03 bits per heavy atom. The lowest BCUT2D eigenvalue weighted by Crippen LogP contribution is -2.43. The topological polar surface area (TPSA) is 52.1 Å². The molecule has 0 radical (unpaired) electrons. The molecule has 2 atom stereocenters. The van der Waals surface area contributed by atoms with Crippen LogP contribution in [-0.4, -0.2) is 74.7 Å². The van der Waals surface area contributed by atoms with E-state index in [2.05, 4.69) is 59.5 Å². The highest BCUT2D eigenvalue weighted by Crippen LogP contribution is 2.28. The number of likely N-dealkylation sites (N-methyl/N-ethyl adjacent to an activating group) is 1. The number of nitrogens with one attached hydrogen (secondary N) is 2. The first-order valence-electron chi connectivity index (χ1n) is 11.2. The fourth-order valence-corrected chi connectivity index (χ4v) is 4.09. The van der Waals surface area contributed by atoms with Crippen molar-refractivity contribution in [2.75, 3.05) is 46.9 Å². The van der Waals surface area contributed by atoms with Crippen LogP contribution in [0.25, 0.3) is 0 Å². The Kier molecular flexibility index (Phi) is 8.19. The Labute approximate surface area is 176 Å². The summed E-state index contributed by atoms with van der Waals surface area (Å²) in [4.78, 5) is 9.93. The number of likely N-dealkylation sites (tertiary alicyclic amines) is 1. The van der Waals surface area contributed by atoms with Gasteiger partial charge in [-0.25, -0.2) is 0 Å². The van der Waals surface area contributed by atoms with Crippen molar-refractivity contribution in [1.29, 1.82) is 0 Å². The lowest BCUT2D eigenvalue weighted by molar-refractivity contribution is 0.244. The molecule has 1 aromatic carbocycles. The zero-order valence-corrected chi connectivity index (χ0v) is 18.7. The summed E-state index contributed by atoms with van der Waals surface area (Å²) in [6.07, 6.45) is 5.22. The molecule has 1 aromatic rings. The highest BCUT2D eigenvalue weighted by atomic mass is 16.5. The molecule has 2 unspecified atom stereocenters. The van der Waals surface area contributed by atoms with Crippen molar-refractivity contribution in [3.63, 3.8) is 0 Å². The predicted molar refractivity (Wildman–Crippen MR) is 121 cm³/mol. The number of guanidine groups is 1. The van der Waals surface area contributed by atoms with Crippen molar-refractivity contribution in [2.45, 2.75) is 57.7 Å². The van der Waals surface area contributed by atoms with E-state index in [-0.39, 0.29) is 0 Å². The summed E-state index contributed by atoms with van der Waals surface area (Å²) in [5, 5.41) is 7.03. The molecule has 6 heteroatoms. The van der Waals surface area contributed by atoms with Gasteiger partial charge >= 0.3 is 0 Å². The second-order valence-corrected chi connectivity index (χ2v) is 8.38. The number of benzene rings is 1. The molecule has 1 saturated heterocycles. The van der Waals surface area contributed by atoms with Gasteiger partial charge in [0.15, 0.2) is 5.96 Å². The van der Waals surface area contributed by atoms with E-state index in [9.17, 15) is 0 Å². The van der Waals surface area contributed by atoms with Gasteiger partial charge in [-0.3, -0.25) is 14.8 Å². The predicted octanol–water partition coefficient (Wildman–Crippen LogP) is 2.87. The summed E-state index contributed by atoms with van der Waals surface area (Å²) in [5.74, 6) is 1.83. The maximum atomic E-state index is 5.46.